The highest BCUT2D eigenvalue weighted by Crippen LogP contribution is 2.44. The summed E-state index contributed by atoms with van der Waals surface area (Å²) in [5.74, 6) is -1.38. The third-order valence-corrected chi connectivity index (χ3v) is 5.26. The van der Waals surface area contributed by atoms with Gasteiger partial charge in [-0.1, -0.05) is 23.7 Å². The van der Waals surface area contributed by atoms with Gasteiger partial charge in [0.1, 0.15) is 11.6 Å². The Morgan fingerprint density at radius 2 is 1.92 bits per heavy atom. The highest BCUT2D eigenvalue weighted by molar-refractivity contribution is 6.32. The van der Waals surface area contributed by atoms with Crippen molar-refractivity contribution < 1.29 is 32.4 Å². The van der Waals surface area contributed by atoms with Crippen molar-refractivity contribution in [2.75, 3.05) is 11.9 Å². The van der Waals surface area contributed by atoms with Crippen LogP contribution in [-0.4, -0.2) is 17.4 Å². The summed E-state index contributed by atoms with van der Waals surface area (Å²) in [7, 11) is 0. The lowest BCUT2D eigenvalue weighted by atomic mass is 10.1. The van der Waals surface area contributed by atoms with E-state index in [1.165, 1.54) is 18.2 Å². The van der Waals surface area contributed by atoms with E-state index in [1.54, 1.807) is 25.1 Å². The molecule has 0 unspecified atom stereocenters. The van der Waals surface area contributed by atoms with Crippen molar-refractivity contribution in [2.24, 2.45) is 0 Å². The van der Waals surface area contributed by atoms with Gasteiger partial charge >= 0.3 is 11.9 Å². The van der Waals surface area contributed by atoms with E-state index in [-0.39, 0.29) is 34.3 Å². The molecule has 0 aliphatic carbocycles. The van der Waals surface area contributed by atoms with E-state index in [0.717, 1.165) is 11.6 Å². The van der Waals surface area contributed by atoms with Crippen LogP contribution in [0, 0.1) is 28.4 Å². The second-order valence-electron chi connectivity index (χ2n) is 7.80. The molecule has 0 atom stereocenters. The van der Waals surface area contributed by atoms with Crippen molar-refractivity contribution in [3.8, 4) is 23.3 Å². The zero-order chi connectivity index (χ0) is 28.0. The maximum atomic E-state index is 13.0. The molecule has 0 aromatic heterocycles. The number of alkyl halides is 3. The van der Waals surface area contributed by atoms with Gasteiger partial charge in [0.05, 0.1) is 22.1 Å². The number of aryl methyl sites for hydroxylation is 1. The average molecular weight is 546 g/mol. The smallest absolute Gasteiger partial charge is 0.416 e. The van der Waals surface area contributed by atoms with Crippen LogP contribution in [0.4, 0.5) is 24.5 Å². The van der Waals surface area contributed by atoms with Crippen LogP contribution in [-0.2, 0) is 11.0 Å². The minimum absolute atomic E-state index is 0.0168. The molecular weight excluding hydrogens is 527 g/mol. The molecule has 0 fully saturated rings. The zero-order valence-electron chi connectivity index (χ0n) is 19.9. The third kappa shape index (κ3) is 6.80. The van der Waals surface area contributed by atoms with Gasteiger partial charge in [-0.05, 0) is 67.4 Å². The maximum absolute atomic E-state index is 13.0. The minimum atomic E-state index is -4.80. The lowest BCUT2D eigenvalue weighted by Crippen LogP contribution is -2.13. The summed E-state index contributed by atoms with van der Waals surface area (Å²) in [6.45, 7) is 3.58. The van der Waals surface area contributed by atoms with Gasteiger partial charge in [-0.3, -0.25) is 14.9 Å². The van der Waals surface area contributed by atoms with Gasteiger partial charge in [-0.15, -0.1) is 0 Å². The van der Waals surface area contributed by atoms with E-state index in [4.69, 9.17) is 21.1 Å². The van der Waals surface area contributed by atoms with E-state index in [0.29, 0.717) is 17.8 Å². The zero-order valence-corrected chi connectivity index (χ0v) is 20.7. The van der Waals surface area contributed by atoms with Crippen molar-refractivity contribution in [3.05, 3.63) is 92.0 Å². The molecule has 3 aromatic rings. The molecule has 0 heterocycles. The molecule has 0 aliphatic heterocycles. The first-order chi connectivity index (χ1) is 17.9. The Morgan fingerprint density at radius 3 is 2.53 bits per heavy atom. The first kappa shape index (κ1) is 28.0. The Hall–Kier alpha value is -4.56. The summed E-state index contributed by atoms with van der Waals surface area (Å²) in [6, 6.07) is 13.3. The summed E-state index contributed by atoms with van der Waals surface area (Å²) < 4.78 is 50.2. The molecule has 8 nitrogen and oxygen atoms in total. The average Bonchev–Trinajstić information content (AvgIpc) is 2.84. The van der Waals surface area contributed by atoms with Crippen LogP contribution in [0.1, 0.15) is 23.6 Å². The molecule has 196 valence electrons. The fourth-order valence-corrected chi connectivity index (χ4v) is 3.56. The standard InChI is InChI=1S/C26H19ClF3N3O5/c1-3-37-23-12-16(10-17(14-31)25(34)32-19-6-4-5-15(2)9-19)11-20(27)24(23)38-22-8-7-18(26(28,29)30)13-21(22)33(35)36/h4-13H,3H2,1-2H3,(H,32,34)/b17-10+. The molecule has 0 aliphatic rings. The van der Waals surface area contributed by atoms with Gasteiger partial charge in [-0.2, -0.15) is 18.4 Å². The number of carbonyl (C=O) groups excluding carboxylic acids is 1. The molecule has 3 rings (SSSR count). The molecule has 38 heavy (non-hydrogen) atoms. The molecule has 0 saturated carbocycles. The number of ether oxygens (including phenoxy) is 2. The molecule has 0 saturated heterocycles. The van der Waals surface area contributed by atoms with Crippen molar-refractivity contribution in [2.45, 2.75) is 20.0 Å². The largest absolute Gasteiger partial charge is 0.490 e. The van der Waals surface area contributed by atoms with Crippen molar-refractivity contribution in [1.29, 1.82) is 5.26 Å². The third-order valence-electron chi connectivity index (χ3n) is 4.98. The lowest BCUT2D eigenvalue weighted by Gasteiger charge is -2.15. The Kier molecular flexibility index (Phi) is 8.60. The number of amides is 1. The van der Waals surface area contributed by atoms with E-state index in [1.807, 2.05) is 19.1 Å². The number of rotatable bonds is 8. The van der Waals surface area contributed by atoms with Gasteiger partial charge in [0, 0.05) is 11.8 Å². The molecular formula is C26H19ClF3N3O5. The second-order valence-corrected chi connectivity index (χ2v) is 8.20. The van der Waals surface area contributed by atoms with Crippen molar-refractivity contribution >= 4 is 35.0 Å². The summed E-state index contributed by atoms with van der Waals surface area (Å²) in [5.41, 5.74) is -0.739. The first-order valence-electron chi connectivity index (χ1n) is 10.9. The Morgan fingerprint density at radius 1 is 1.18 bits per heavy atom. The number of hydrogen-bond donors (Lipinski definition) is 1. The van der Waals surface area contributed by atoms with Gasteiger partial charge in [0.15, 0.2) is 11.5 Å². The monoisotopic (exact) mass is 545 g/mol. The molecule has 0 bridgehead atoms. The minimum Gasteiger partial charge on any atom is -0.490 e. The van der Waals surface area contributed by atoms with E-state index < -0.39 is 34.0 Å². The number of carbonyl (C=O) groups is 1. The lowest BCUT2D eigenvalue weighted by molar-refractivity contribution is -0.385. The Balaban J connectivity index is 1.98. The van der Waals surface area contributed by atoms with E-state index >= 15 is 0 Å². The predicted octanol–water partition coefficient (Wildman–Crippen LogP) is 7.31. The van der Waals surface area contributed by atoms with Crippen molar-refractivity contribution in [3.63, 3.8) is 0 Å². The quantitative estimate of drug-likeness (QED) is 0.137. The molecule has 1 N–H and O–H groups in total. The molecule has 3 aromatic carbocycles. The number of nitrogens with one attached hydrogen (secondary N) is 1. The Bertz CT molecular complexity index is 1470. The topological polar surface area (TPSA) is 114 Å². The van der Waals surface area contributed by atoms with Crippen molar-refractivity contribution in [1.82, 2.24) is 0 Å². The number of halogens is 4. The fraction of sp³-hybridized carbons (Fsp3) is 0.154. The van der Waals surface area contributed by atoms with Gasteiger partial charge < -0.3 is 14.8 Å². The number of benzene rings is 3. The molecule has 12 heteroatoms. The predicted molar refractivity (Wildman–Crippen MR) is 134 cm³/mol. The second kappa shape index (κ2) is 11.7. The van der Waals surface area contributed by atoms with Crippen LogP contribution in [0.3, 0.4) is 0 Å². The van der Waals surface area contributed by atoms with Crippen LogP contribution in [0.15, 0.2) is 60.2 Å². The maximum Gasteiger partial charge on any atom is 0.416 e. The van der Waals surface area contributed by atoms with Gasteiger partial charge in [-0.25, -0.2) is 0 Å². The summed E-state index contributed by atoms with van der Waals surface area (Å²) in [6.07, 6.45) is -3.54. The molecule has 1 amide bonds. The summed E-state index contributed by atoms with van der Waals surface area (Å²) >= 11 is 6.34. The normalized spacial score (nSPS) is 11.4. The van der Waals surface area contributed by atoms with Crippen LogP contribution < -0.4 is 14.8 Å². The van der Waals surface area contributed by atoms with Crippen LogP contribution in [0.5, 0.6) is 17.2 Å². The number of nitro groups is 1. The number of nitro benzene ring substituents is 1. The van der Waals surface area contributed by atoms with Gasteiger partial charge in [0.2, 0.25) is 5.75 Å². The first-order valence-corrected chi connectivity index (χ1v) is 11.3. The number of nitriles is 1. The van der Waals surface area contributed by atoms with Crippen LogP contribution >= 0.6 is 11.6 Å². The number of anilines is 1. The van der Waals surface area contributed by atoms with Crippen LogP contribution in [0.2, 0.25) is 5.02 Å². The van der Waals surface area contributed by atoms with Crippen LogP contribution in [0.25, 0.3) is 6.08 Å². The number of nitrogens with zero attached hydrogens (tertiary/aromatic N) is 2. The highest BCUT2D eigenvalue weighted by Gasteiger charge is 2.33. The summed E-state index contributed by atoms with van der Waals surface area (Å²) in [5, 5.41) is 23.4. The Labute approximate surface area is 220 Å². The number of hydrogen-bond acceptors (Lipinski definition) is 6. The molecule has 0 radical (unpaired) electrons. The summed E-state index contributed by atoms with van der Waals surface area (Å²) in [4.78, 5) is 23.0. The van der Waals surface area contributed by atoms with E-state index in [2.05, 4.69) is 5.32 Å². The van der Waals surface area contributed by atoms with E-state index in [9.17, 15) is 33.3 Å². The fourth-order valence-electron chi connectivity index (χ4n) is 3.30. The highest BCUT2D eigenvalue weighted by atomic mass is 35.5. The molecule has 0 spiro atoms. The van der Waals surface area contributed by atoms with Gasteiger partial charge in [0.25, 0.3) is 5.91 Å². The SMILES string of the molecule is CCOc1cc(/C=C(\C#N)C(=O)Nc2cccc(C)c2)cc(Cl)c1Oc1ccc(C(F)(F)F)cc1[N+](=O)[O-].